The minimum Gasteiger partial charge on any atom is -0.385 e. The number of halogens is 1. The third kappa shape index (κ3) is 1.57. The summed E-state index contributed by atoms with van der Waals surface area (Å²) < 4.78 is 1.09. The summed E-state index contributed by atoms with van der Waals surface area (Å²) >= 11 is 3.47. The molecule has 0 aliphatic heterocycles. The molecule has 1 aliphatic rings. The molecule has 0 radical (unpaired) electrons. The van der Waals surface area contributed by atoms with Crippen molar-refractivity contribution in [3.63, 3.8) is 0 Å². The molecule has 0 atom stereocenters. The van der Waals surface area contributed by atoms with Crippen LogP contribution < -0.4 is 0 Å². The van der Waals surface area contributed by atoms with Crippen LogP contribution in [0, 0.1) is 0 Å². The molecule has 82 valence electrons. The van der Waals surface area contributed by atoms with Crippen molar-refractivity contribution >= 4 is 26.7 Å². The van der Waals surface area contributed by atoms with E-state index >= 15 is 0 Å². The normalized spacial score (nSPS) is 18.4. The van der Waals surface area contributed by atoms with Crippen LogP contribution in [0.25, 0.3) is 10.8 Å². The van der Waals surface area contributed by atoms with Crippen LogP contribution in [0.15, 0.2) is 40.9 Å². The molecule has 0 bridgehead atoms. The Hall–Kier alpha value is -0.860. The number of benzene rings is 2. The van der Waals surface area contributed by atoms with Crippen molar-refractivity contribution in [3.05, 3.63) is 46.4 Å². The predicted octanol–water partition coefficient (Wildman–Crippen LogP) is 3.97. The summed E-state index contributed by atoms with van der Waals surface area (Å²) in [7, 11) is 0. The molecule has 2 aromatic carbocycles. The standard InChI is InChI=1S/C14H13BrO/c15-13-5-3-10-8-12(4-2-11(10)9-13)14(16)6-1-7-14/h2-5,8-9,16H,1,6-7H2. The van der Waals surface area contributed by atoms with Gasteiger partial charge in [0.1, 0.15) is 0 Å². The predicted molar refractivity (Wildman–Crippen MR) is 69.4 cm³/mol. The van der Waals surface area contributed by atoms with E-state index in [0.29, 0.717) is 0 Å². The highest BCUT2D eigenvalue weighted by molar-refractivity contribution is 9.10. The van der Waals surface area contributed by atoms with Gasteiger partial charge in [0.25, 0.3) is 0 Å². The molecule has 0 unspecified atom stereocenters. The fraction of sp³-hybridized carbons (Fsp3) is 0.286. The second kappa shape index (κ2) is 3.57. The van der Waals surface area contributed by atoms with Gasteiger partial charge in [0.05, 0.1) is 5.60 Å². The van der Waals surface area contributed by atoms with Crippen LogP contribution in [-0.2, 0) is 5.60 Å². The van der Waals surface area contributed by atoms with E-state index in [1.54, 1.807) is 0 Å². The van der Waals surface area contributed by atoms with Crippen molar-refractivity contribution in [2.24, 2.45) is 0 Å². The van der Waals surface area contributed by atoms with Crippen molar-refractivity contribution in [2.45, 2.75) is 24.9 Å². The van der Waals surface area contributed by atoms with Gasteiger partial charge in [-0.05, 0) is 53.8 Å². The Balaban J connectivity index is 2.12. The summed E-state index contributed by atoms with van der Waals surface area (Å²) in [5.41, 5.74) is 0.509. The Kier molecular flexibility index (Phi) is 2.30. The lowest BCUT2D eigenvalue weighted by atomic mass is 9.75. The van der Waals surface area contributed by atoms with E-state index in [1.165, 1.54) is 10.8 Å². The lowest BCUT2D eigenvalue weighted by Crippen LogP contribution is -2.33. The Labute approximate surface area is 103 Å². The van der Waals surface area contributed by atoms with E-state index in [0.717, 1.165) is 29.3 Å². The van der Waals surface area contributed by atoms with E-state index in [-0.39, 0.29) is 0 Å². The Morgan fingerprint density at radius 1 is 1.00 bits per heavy atom. The van der Waals surface area contributed by atoms with Gasteiger partial charge in [0, 0.05) is 4.47 Å². The van der Waals surface area contributed by atoms with Gasteiger partial charge in [-0.25, -0.2) is 0 Å². The Morgan fingerprint density at radius 3 is 2.38 bits per heavy atom. The van der Waals surface area contributed by atoms with Gasteiger partial charge in [-0.1, -0.05) is 34.1 Å². The Morgan fingerprint density at radius 2 is 1.69 bits per heavy atom. The van der Waals surface area contributed by atoms with E-state index in [4.69, 9.17) is 0 Å². The van der Waals surface area contributed by atoms with Crippen LogP contribution in [0.5, 0.6) is 0 Å². The summed E-state index contributed by atoms with van der Waals surface area (Å²) in [5.74, 6) is 0. The highest BCUT2D eigenvalue weighted by atomic mass is 79.9. The fourth-order valence-electron chi connectivity index (χ4n) is 2.31. The van der Waals surface area contributed by atoms with Crippen molar-refractivity contribution in [2.75, 3.05) is 0 Å². The first-order valence-corrected chi connectivity index (χ1v) is 6.39. The average Bonchev–Trinajstić information content (AvgIpc) is 2.25. The number of hydrogen-bond donors (Lipinski definition) is 1. The molecular formula is C14H13BrO. The third-order valence-corrected chi connectivity index (χ3v) is 4.01. The zero-order chi connectivity index (χ0) is 11.2. The smallest absolute Gasteiger partial charge is 0.0896 e. The van der Waals surface area contributed by atoms with Crippen LogP contribution in [0.1, 0.15) is 24.8 Å². The lowest BCUT2D eigenvalue weighted by Gasteiger charge is -2.37. The number of fused-ring (bicyclic) bond motifs is 1. The summed E-state index contributed by atoms with van der Waals surface area (Å²) in [4.78, 5) is 0. The molecule has 0 amide bonds. The maximum absolute atomic E-state index is 10.3. The molecule has 2 aromatic rings. The van der Waals surface area contributed by atoms with Crippen LogP contribution in [-0.4, -0.2) is 5.11 Å². The average molecular weight is 277 g/mol. The molecule has 1 saturated carbocycles. The molecule has 0 aromatic heterocycles. The number of aliphatic hydroxyl groups is 1. The largest absolute Gasteiger partial charge is 0.385 e. The number of rotatable bonds is 1. The molecule has 1 aliphatic carbocycles. The third-order valence-electron chi connectivity index (χ3n) is 3.52. The van der Waals surface area contributed by atoms with E-state index in [9.17, 15) is 5.11 Å². The first-order chi connectivity index (χ1) is 7.67. The van der Waals surface area contributed by atoms with Crippen molar-refractivity contribution in [3.8, 4) is 0 Å². The maximum Gasteiger partial charge on any atom is 0.0896 e. The lowest BCUT2D eigenvalue weighted by molar-refractivity contribution is -0.0386. The van der Waals surface area contributed by atoms with Crippen LogP contribution in [0.2, 0.25) is 0 Å². The SMILES string of the molecule is OC1(c2ccc3cc(Br)ccc3c2)CCC1. The molecule has 0 spiro atoms. The summed E-state index contributed by atoms with van der Waals surface area (Å²) in [6.45, 7) is 0. The van der Waals surface area contributed by atoms with E-state index in [2.05, 4.69) is 40.2 Å². The topological polar surface area (TPSA) is 20.2 Å². The molecule has 0 heterocycles. The minimum atomic E-state index is -0.554. The molecule has 0 saturated heterocycles. The zero-order valence-electron chi connectivity index (χ0n) is 8.91. The quantitative estimate of drug-likeness (QED) is 0.836. The molecule has 1 nitrogen and oxygen atoms in total. The molecule has 1 fully saturated rings. The second-order valence-electron chi connectivity index (χ2n) is 4.59. The second-order valence-corrected chi connectivity index (χ2v) is 5.51. The van der Waals surface area contributed by atoms with Gasteiger partial charge in [-0.15, -0.1) is 0 Å². The molecular weight excluding hydrogens is 264 g/mol. The van der Waals surface area contributed by atoms with E-state index in [1.807, 2.05) is 12.1 Å². The van der Waals surface area contributed by atoms with Gasteiger partial charge >= 0.3 is 0 Å². The number of hydrogen-bond acceptors (Lipinski definition) is 1. The van der Waals surface area contributed by atoms with Crippen molar-refractivity contribution in [1.82, 2.24) is 0 Å². The summed E-state index contributed by atoms with van der Waals surface area (Å²) in [6.07, 6.45) is 2.93. The van der Waals surface area contributed by atoms with Gasteiger partial charge in [-0.2, -0.15) is 0 Å². The first kappa shape index (κ1) is 10.3. The highest BCUT2D eigenvalue weighted by Gasteiger charge is 2.36. The van der Waals surface area contributed by atoms with Gasteiger partial charge in [0.15, 0.2) is 0 Å². The first-order valence-electron chi connectivity index (χ1n) is 5.60. The van der Waals surface area contributed by atoms with Crippen LogP contribution in [0.3, 0.4) is 0 Å². The van der Waals surface area contributed by atoms with Crippen LogP contribution >= 0.6 is 15.9 Å². The van der Waals surface area contributed by atoms with Gasteiger partial charge in [-0.3, -0.25) is 0 Å². The molecule has 1 N–H and O–H groups in total. The van der Waals surface area contributed by atoms with Gasteiger partial charge in [0.2, 0.25) is 0 Å². The Bertz CT molecular complexity index is 543. The molecule has 2 heteroatoms. The van der Waals surface area contributed by atoms with Crippen molar-refractivity contribution < 1.29 is 5.11 Å². The molecule has 16 heavy (non-hydrogen) atoms. The summed E-state index contributed by atoms with van der Waals surface area (Å²) in [5, 5.41) is 12.7. The van der Waals surface area contributed by atoms with Crippen molar-refractivity contribution in [1.29, 1.82) is 0 Å². The molecule has 3 rings (SSSR count). The van der Waals surface area contributed by atoms with Crippen LogP contribution in [0.4, 0.5) is 0 Å². The summed E-state index contributed by atoms with van der Waals surface area (Å²) in [6, 6.07) is 12.5. The van der Waals surface area contributed by atoms with E-state index < -0.39 is 5.60 Å². The monoisotopic (exact) mass is 276 g/mol. The fourth-order valence-corrected chi connectivity index (χ4v) is 2.69. The zero-order valence-corrected chi connectivity index (χ0v) is 10.5. The van der Waals surface area contributed by atoms with Gasteiger partial charge < -0.3 is 5.11 Å². The minimum absolute atomic E-state index is 0.554. The highest BCUT2D eigenvalue weighted by Crippen LogP contribution is 2.41. The maximum atomic E-state index is 10.3.